The number of carbonyl (C=O) groups excluding carboxylic acids is 4. The predicted octanol–water partition coefficient (Wildman–Crippen LogP) is 7.33. The van der Waals surface area contributed by atoms with Gasteiger partial charge in [-0.2, -0.15) is 0 Å². The lowest BCUT2D eigenvalue weighted by Crippen LogP contribution is -2.27. The van der Waals surface area contributed by atoms with Crippen LogP contribution < -0.4 is 21.3 Å². The number of benzene rings is 4. The van der Waals surface area contributed by atoms with E-state index in [1.807, 2.05) is 88.9 Å². The zero-order valence-corrected chi connectivity index (χ0v) is 41.3. The van der Waals surface area contributed by atoms with Crippen LogP contribution in [0.3, 0.4) is 0 Å². The molecule has 18 heteroatoms. The summed E-state index contributed by atoms with van der Waals surface area (Å²) in [5, 5.41) is 12.0. The van der Waals surface area contributed by atoms with Gasteiger partial charge in [0, 0.05) is 48.2 Å². The molecule has 8 rings (SSSR count). The molecule has 8 aromatic rings. The van der Waals surface area contributed by atoms with E-state index >= 15 is 0 Å². The van der Waals surface area contributed by atoms with Crippen molar-refractivity contribution in [2.75, 3.05) is 54.4 Å². The van der Waals surface area contributed by atoms with Crippen LogP contribution in [0.25, 0.3) is 66.9 Å². The number of imidazole rings is 4. The highest BCUT2D eigenvalue weighted by Gasteiger charge is 2.15. The molecule has 71 heavy (non-hydrogen) atoms. The summed E-state index contributed by atoms with van der Waals surface area (Å²) < 4.78 is 0. The Labute approximate surface area is 413 Å². The molecule has 0 saturated carbocycles. The maximum Gasteiger partial charge on any atom is 0.251 e. The van der Waals surface area contributed by atoms with Gasteiger partial charge in [-0.1, -0.05) is 32.1 Å². The fourth-order valence-electron chi connectivity index (χ4n) is 8.56. The maximum atomic E-state index is 12.7. The highest BCUT2D eigenvalue weighted by atomic mass is 16.2. The Balaban J connectivity index is 0.682. The van der Waals surface area contributed by atoms with Gasteiger partial charge in [-0.3, -0.25) is 19.2 Å². The number of nitrogens with one attached hydrogen (secondary N) is 8. The van der Waals surface area contributed by atoms with Gasteiger partial charge in [-0.05, 0) is 140 Å². The lowest BCUT2D eigenvalue weighted by molar-refractivity contribution is -0.122. The first-order chi connectivity index (χ1) is 34.4. The summed E-state index contributed by atoms with van der Waals surface area (Å²) >= 11 is 0. The van der Waals surface area contributed by atoms with Gasteiger partial charge in [0.1, 0.15) is 23.3 Å². The van der Waals surface area contributed by atoms with Crippen molar-refractivity contribution in [3.05, 3.63) is 95.6 Å². The average Bonchev–Trinajstić information content (AvgIpc) is 4.18. The SMILES string of the molecule is CN(C)CCCNC(=O)c1ccc2nc(-c3ccc4nc(CNC(=O)CCCCCCCCCC(=O)NCc5nc6ccc(-c7nc8ccc(C(=O)NCCCN(C)C)cc8[nH]7)cc6[nH]5)[nH]c4c3)[nH]c2c1. The van der Waals surface area contributed by atoms with Gasteiger partial charge in [-0.15, -0.1) is 0 Å². The molecule has 18 nitrogen and oxygen atoms in total. The van der Waals surface area contributed by atoms with E-state index in [9.17, 15) is 19.2 Å². The van der Waals surface area contributed by atoms with Crippen LogP contribution in [-0.2, 0) is 22.7 Å². The standard InChI is InChI=1S/C53H66N14O4/c1-66(2)26-12-24-54-52(70)36-18-22-40-44(30-36)64-50(62-40)34-16-20-38-42(28-34)60-46(58-38)32-56-48(68)14-10-8-6-5-7-9-11-15-49(69)57-33-47-59-39-21-17-35(29-43(39)61-47)51-63-41-23-19-37(31-45(41)65-51)53(71)55-25-13-27-67(3)4/h16-23,28-31H,5-15,24-27,32-33H2,1-4H3,(H,54,70)(H,55,71)(H,56,68)(H,57,69)(H,58,60)(H,59,61)(H,62,64)(H,63,65). The molecule has 4 aromatic heterocycles. The second kappa shape index (κ2) is 23.9. The van der Waals surface area contributed by atoms with Gasteiger partial charge in [0.05, 0.1) is 57.2 Å². The van der Waals surface area contributed by atoms with Crippen molar-refractivity contribution in [3.8, 4) is 22.8 Å². The predicted molar refractivity (Wildman–Crippen MR) is 279 cm³/mol. The normalized spacial score (nSPS) is 11.7. The average molecular weight is 963 g/mol. The number of aromatic nitrogens is 8. The topological polar surface area (TPSA) is 238 Å². The molecule has 0 radical (unpaired) electrons. The van der Waals surface area contributed by atoms with E-state index < -0.39 is 0 Å². The Kier molecular flexibility index (Phi) is 16.8. The summed E-state index contributed by atoms with van der Waals surface area (Å²) in [7, 11) is 8.06. The largest absolute Gasteiger partial charge is 0.352 e. The van der Waals surface area contributed by atoms with Crippen molar-refractivity contribution in [2.24, 2.45) is 0 Å². The lowest BCUT2D eigenvalue weighted by Gasteiger charge is -2.09. The van der Waals surface area contributed by atoms with Crippen molar-refractivity contribution in [1.82, 2.24) is 70.9 Å². The quantitative estimate of drug-likeness (QED) is 0.0252. The van der Waals surface area contributed by atoms with Crippen LogP contribution in [-0.4, -0.2) is 128 Å². The molecule has 4 amide bonds. The van der Waals surface area contributed by atoms with Crippen LogP contribution in [0.5, 0.6) is 0 Å². The van der Waals surface area contributed by atoms with Crippen LogP contribution >= 0.6 is 0 Å². The third-order valence-corrected chi connectivity index (χ3v) is 12.4. The van der Waals surface area contributed by atoms with Crippen molar-refractivity contribution in [2.45, 2.75) is 83.7 Å². The third kappa shape index (κ3) is 13.9. The van der Waals surface area contributed by atoms with E-state index in [0.29, 0.717) is 73.4 Å². The zero-order valence-electron chi connectivity index (χ0n) is 41.3. The molecule has 0 aliphatic heterocycles. The van der Waals surface area contributed by atoms with E-state index in [2.05, 4.69) is 61.0 Å². The van der Waals surface area contributed by atoms with Crippen LogP contribution in [0, 0.1) is 0 Å². The van der Waals surface area contributed by atoms with Crippen LogP contribution in [0.4, 0.5) is 0 Å². The van der Waals surface area contributed by atoms with Gasteiger partial charge < -0.3 is 51.0 Å². The Morgan fingerprint density at radius 1 is 0.437 bits per heavy atom. The van der Waals surface area contributed by atoms with E-state index in [1.54, 1.807) is 12.1 Å². The van der Waals surface area contributed by atoms with Gasteiger partial charge in [0.15, 0.2) is 0 Å². The van der Waals surface area contributed by atoms with E-state index in [1.165, 1.54) is 0 Å². The number of fused-ring (bicyclic) bond motifs is 4. The second-order valence-corrected chi connectivity index (χ2v) is 18.8. The smallest absolute Gasteiger partial charge is 0.251 e. The molecule has 0 aliphatic rings. The number of hydrogen-bond acceptors (Lipinski definition) is 10. The lowest BCUT2D eigenvalue weighted by atomic mass is 10.1. The molecule has 0 aliphatic carbocycles. The summed E-state index contributed by atoms with van der Waals surface area (Å²) in [5.41, 5.74) is 9.34. The monoisotopic (exact) mass is 963 g/mol. The molecule has 0 spiro atoms. The number of nitrogens with zero attached hydrogens (tertiary/aromatic N) is 6. The fraction of sp³-hybridized carbons (Fsp3) is 0.396. The number of carbonyl (C=O) groups is 4. The van der Waals surface area contributed by atoms with Gasteiger partial charge in [0.2, 0.25) is 11.8 Å². The summed E-state index contributed by atoms with van der Waals surface area (Å²) in [5.74, 6) is 2.54. The number of unbranched alkanes of at least 4 members (excludes halogenated alkanes) is 6. The first kappa shape index (κ1) is 50.0. The Bertz CT molecular complexity index is 2900. The first-order valence-corrected chi connectivity index (χ1v) is 24.8. The molecular weight excluding hydrogens is 897 g/mol. The molecule has 0 atom stereocenters. The Hall–Kier alpha value is -7.44. The fourth-order valence-corrected chi connectivity index (χ4v) is 8.56. The van der Waals surface area contributed by atoms with Gasteiger partial charge in [0.25, 0.3) is 11.8 Å². The second-order valence-electron chi connectivity index (χ2n) is 18.8. The number of H-pyrrole nitrogens is 4. The van der Waals surface area contributed by atoms with E-state index in [-0.39, 0.29) is 23.6 Å². The Morgan fingerprint density at radius 3 is 1.24 bits per heavy atom. The van der Waals surface area contributed by atoms with Crippen LogP contribution in [0.2, 0.25) is 0 Å². The molecule has 0 fully saturated rings. The number of amides is 4. The molecule has 8 N–H and O–H groups in total. The van der Waals surface area contributed by atoms with E-state index in [4.69, 9.17) is 9.97 Å². The minimum Gasteiger partial charge on any atom is -0.352 e. The number of aromatic amines is 4. The number of rotatable bonds is 26. The van der Waals surface area contributed by atoms with Crippen molar-refractivity contribution in [1.29, 1.82) is 0 Å². The van der Waals surface area contributed by atoms with Crippen molar-refractivity contribution < 1.29 is 19.2 Å². The molecule has 372 valence electrons. The maximum absolute atomic E-state index is 12.7. The molecule has 4 heterocycles. The van der Waals surface area contributed by atoms with Gasteiger partial charge >= 0.3 is 0 Å². The molecule has 4 aromatic carbocycles. The minimum atomic E-state index is -0.105. The summed E-state index contributed by atoms with van der Waals surface area (Å²) in [4.78, 5) is 87.1. The van der Waals surface area contributed by atoms with Crippen LogP contribution in [0.15, 0.2) is 72.8 Å². The molecule has 0 unspecified atom stereocenters. The Morgan fingerprint density at radius 2 is 0.817 bits per heavy atom. The van der Waals surface area contributed by atoms with Crippen molar-refractivity contribution >= 4 is 67.8 Å². The zero-order chi connectivity index (χ0) is 49.7. The van der Waals surface area contributed by atoms with E-state index in [0.717, 1.165) is 126 Å². The summed E-state index contributed by atoms with van der Waals surface area (Å²) in [6, 6.07) is 22.7. The first-order valence-electron chi connectivity index (χ1n) is 24.8. The highest BCUT2D eigenvalue weighted by Crippen LogP contribution is 2.26. The van der Waals surface area contributed by atoms with Crippen molar-refractivity contribution in [3.63, 3.8) is 0 Å². The van der Waals surface area contributed by atoms with Gasteiger partial charge in [-0.25, -0.2) is 19.9 Å². The summed E-state index contributed by atoms with van der Waals surface area (Å²) in [6.45, 7) is 3.68. The molecular formula is C53H66N14O4. The molecule has 0 saturated heterocycles. The minimum absolute atomic E-state index is 0.000599. The summed E-state index contributed by atoms with van der Waals surface area (Å²) in [6.07, 6.45) is 9.45. The molecule has 0 bridgehead atoms. The third-order valence-electron chi connectivity index (χ3n) is 12.4. The highest BCUT2D eigenvalue weighted by molar-refractivity contribution is 5.99. The van der Waals surface area contributed by atoms with Crippen LogP contribution in [0.1, 0.15) is 103 Å². The number of hydrogen-bond donors (Lipinski definition) is 8.